The second-order valence-corrected chi connectivity index (χ2v) is 10.8. The van der Waals surface area contributed by atoms with Gasteiger partial charge in [0.25, 0.3) is 0 Å². The van der Waals surface area contributed by atoms with Crippen LogP contribution in [0.3, 0.4) is 0 Å². The van der Waals surface area contributed by atoms with E-state index in [0.29, 0.717) is 13.1 Å². The van der Waals surface area contributed by atoms with Crippen molar-refractivity contribution in [1.82, 2.24) is 14.9 Å². The molecule has 0 bridgehead atoms. The topological polar surface area (TPSA) is 98.7 Å². The van der Waals surface area contributed by atoms with E-state index >= 15 is 0 Å². The van der Waals surface area contributed by atoms with Gasteiger partial charge in [0.05, 0.1) is 23.8 Å². The highest BCUT2D eigenvalue weighted by molar-refractivity contribution is 7.88. The molecule has 0 radical (unpaired) electrons. The summed E-state index contributed by atoms with van der Waals surface area (Å²) in [5.41, 5.74) is 2.34. The third kappa shape index (κ3) is 5.56. The van der Waals surface area contributed by atoms with Crippen LogP contribution in [0, 0.1) is 0 Å². The first-order chi connectivity index (χ1) is 15.2. The summed E-state index contributed by atoms with van der Waals surface area (Å²) in [4.78, 5) is 15.6. The summed E-state index contributed by atoms with van der Waals surface area (Å²) in [5, 5.41) is 13.2. The SMILES string of the molecule is CS(=O)(=O)NCc1ccc(C2(C(=O)N[C@H](CN3CC[C@H](O)C3)c3ccccc3)CC2)cc1. The molecule has 2 atom stereocenters. The monoisotopic (exact) mass is 457 g/mol. The highest BCUT2D eigenvalue weighted by Crippen LogP contribution is 2.48. The molecule has 32 heavy (non-hydrogen) atoms. The number of carbonyl (C=O) groups excluding carboxylic acids is 1. The number of likely N-dealkylation sites (tertiary alicyclic amines) is 1. The largest absolute Gasteiger partial charge is 0.392 e. The normalized spacial score (nSPS) is 21.2. The van der Waals surface area contributed by atoms with E-state index < -0.39 is 15.4 Å². The van der Waals surface area contributed by atoms with E-state index in [2.05, 4.69) is 14.9 Å². The van der Waals surface area contributed by atoms with Crippen LogP contribution in [0.1, 0.15) is 42.0 Å². The molecule has 0 unspecified atom stereocenters. The average Bonchev–Trinajstić information content (AvgIpc) is 3.49. The molecule has 1 aliphatic carbocycles. The van der Waals surface area contributed by atoms with E-state index in [4.69, 9.17) is 0 Å². The van der Waals surface area contributed by atoms with Gasteiger partial charge in [0.2, 0.25) is 15.9 Å². The Morgan fingerprint density at radius 1 is 1.16 bits per heavy atom. The Morgan fingerprint density at radius 2 is 1.84 bits per heavy atom. The van der Waals surface area contributed by atoms with Crippen molar-refractivity contribution in [3.8, 4) is 0 Å². The summed E-state index contributed by atoms with van der Waals surface area (Å²) in [7, 11) is -3.25. The van der Waals surface area contributed by atoms with Gasteiger partial charge in [0.15, 0.2) is 0 Å². The Bertz CT molecular complexity index is 1040. The van der Waals surface area contributed by atoms with Crippen LogP contribution in [-0.4, -0.2) is 56.3 Å². The Labute approximate surface area is 189 Å². The molecule has 2 aromatic rings. The van der Waals surface area contributed by atoms with Crippen molar-refractivity contribution in [3.05, 3.63) is 71.3 Å². The molecule has 3 N–H and O–H groups in total. The number of carbonyl (C=O) groups is 1. The minimum Gasteiger partial charge on any atom is -0.392 e. The maximum atomic E-state index is 13.4. The number of amides is 1. The van der Waals surface area contributed by atoms with Crippen LogP contribution in [0.15, 0.2) is 54.6 Å². The fourth-order valence-electron chi connectivity index (χ4n) is 4.38. The van der Waals surface area contributed by atoms with Crippen molar-refractivity contribution in [2.75, 3.05) is 25.9 Å². The van der Waals surface area contributed by atoms with E-state index in [1.54, 1.807) is 0 Å². The maximum absolute atomic E-state index is 13.4. The standard InChI is InChI=1S/C24H31N3O4S/c1-32(30,31)25-15-18-7-9-20(10-8-18)24(12-13-24)23(29)26-22(19-5-3-2-4-6-19)17-27-14-11-21(28)16-27/h2-10,21-22,25,28H,11-17H2,1H3,(H,26,29)/t21-,22+/m0/s1. The summed E-state index contributed by atoms with van der Waals surface area (Å²) in [6, 6.07) is 17.4. The third-order valence-corrected chi connectivity index (χ3v) is 7.09. The fourth-order valence-corrected chi connectivity index (χ4v) is 4.81. The number of aliphatic hydroxyl groups is 1. The summed E-state index contributed by atoms with van der Waals surface area (Å²) in [5.74, 6) is 0.0214. The Morgan fingerprint density at radius 3 is 2.41 bits per heavy atom. The van der Waals surface area contributed by atoms with E-state index in [-0.39, 0.29) is 24.6 Å². The predicted octanol–water partition coefficient (Wildman–Crippen LogP) is 1.69. The van der Waals surface area contributed by atoms with Gasteiger partial charge >= 0.3 is 0 Å². The molecule has 2 fully saturated rings. The lowest BCUT2D eigenvalue weighted by Crippen LogP contribution is -2.42. The average molecular weight is 458 g/mol. The van der Waals surface area contributed by atoms with Gasteiger partial charge in [-0.05, 0) is 36.0 Å². The molecule has 2 aromatic carbocycles. The molecule has 1 saturated heterocycles. The van der Waals surface area contributed by atoms with Crippen molar-refractivity contribution in [3.63, 3.8) is 0 Å². The van der Waals surface area contributed by atoms with Gasteiger partial charge < -0.3 is 10.4 Å². The van der Waals surface area contributed by atoms with Crippen molar-refractivity contribution in [2.24, 2.45) is 0 Å². The van der Waals surface area contributed by atoms with Crippen molar-refractivity contribution < 1.29 is 18.3 Å². The van der Waals surface area contributed by atoms with Gasteiger partial charge in [-0.1, -0.05) is 54.6 Å². The van der Waals surface area contributed by atoms with E-state index in [0.717, 1.165) is 48.8 Å². The molecule has 8 heteroatoms. The van der Waals surface area contributed by atoms with Gasteiger partial charge in [-0.3, -0.25) is 9.69 Å². The van der Waals surface area contributed by atoms with Gasteiger partial charge in [0, 0.05) is 26.2 Å². The summed E-state index contributed by atoms with van der Waals surface area (Å²) >= 11 is 0. The number of aliphatic hydroxyl groups excluding tert-OH is 1. The highest BCUT2D eigenvalue weighted by Gasteiger charge is 2.51. The van der Waals surface area contributed by atoms with Crippen LogP contribution in [0.25, 0.3) is 0 Å². The predicted molar refractivity (Wildman–Crippen MR) is 123 cm³/mol. The second kappa shape index (κ2) is 9.31. The van der Waals surface area contributed by atoms with Gasteiger partial charge in [-0.2, -0.15) is 0 Å². The van der Waals surface area contributed by atoms with E-state index in [1.807, 2.05) is 54.6 Å². The molecule has 1 amide bonds. The first-order valence-corrected chi connectivity index (χ1v) is 12.9. The molecular weight excluding hydrogens is 426 g/mol. The zero-order chi connectivity index (χ0) is 22.8. The highest BCUT2D eigenvalue weighted by atomic mass is 32.2. The summed E-state index contributed by atoms with van der Waals surface area (Å²) in [6.45, 7) is 2.36. The van der Waals surface area contributed by atoms with Crippen LogP contribution in [0.5, 0.6) is 0 Å². The Hall–Kier alpha value is -2.26. The molecule has 1 saturated carbocycles. The number of rotatable bonds is 9. The number of nitrogens with zero attached hydrogens (tertiary/aromatic N) is 1. The van der Waals surface area contributed by atoms with Crippen molar-refractivity contribution in [2.45, 2.75) is 43.4 Å². The lowest BCUT2D eigenvalue weighted by molar-refractivity contribution is -0.124. The number of nitrogens with one attached hydrogen (secondary N) is 2. The van der Waals surface area contributed by atoms with Crippen LogP contribution >= 0.6 is 0 Å². The van der Waals surface area contributed by atoms with Gasteiger partial charge in [-0.15, -0.1) is 0 Å². The molecule has 1 heterocycles. The number of benzene rings is 2. The molecule has 1 aliphatic heterocycles. The minimum atomic E-state index is -3.25. The number of hydrogen-bond donors (Lipinski definition) is 3. The second-order valence-electron chi connectivity index (χ2n) is 9.01. The first-order valence-electron chi connectivity index (χ1n) is 11.1. The number of sulfonamides is 1. The van der Waals surface area contributed by atoms with Crippen LogP contribution < -0.4 is 10.0 Å². The van der Waals surface area contributed by atoms with Gasteiger partial charge in [0.1, 0.15) is 0 Å². The van der Waals surface area contributed by atoms with Crippen molar-refractivity contribution in [1.29, 1.82) is 0 Å². The molecule has 4 rings (SSSR count). The lowest BCUT2D eigenvalue weighted by atomic mass is 9.93. The smallest absolute Gasteiger partial charge is 0.231 e. The summed E-state index contributed by atoms with van der Waals surface area (Å²) in [6.07, 6.45) is 3.19. The molecule has 0 spiro atoms. The molecular formula is C24H31N3O4S. The zero-order valence-corrected chi connectivity index (χ0v) is 19.1. The first kappa shape index (κ1) is 22.9. The van der Waals surface area contributed by atoms with E-state index in [9.17, 15) is 18.3 Å². The summed E-state index contributed by atoms with van der Waals surface area (Å²) < 4.78 is 25.1. The molecule has 2 aliphatic rings. The Balaban J connectivity index is 1.46. The lowest BCUT2D eigenvalue weighted by Gasteiger charge is -2.27. The maximum Gasteiger partial charge on any atom is 0.231 e. The zero-order valence-electron chi connectivity index (χ0n) is 18.3. The molecule has 7 nitrogen and oxygen atoms in total. The third-order valence-electron chi connectivity index (χ3n) is 6.43. The molecule has 172 valence electrons. The van der Waals surface area contributed by atoms with E-state index in [1.165, 1.54) is 0 Å². The van der Waals surface area contributed by atoms with Gasteiger partial charge in [-0.25, -0.2) is 13.1 Å². The van der Waals surface area contributed by atoms with Crippen LogP contribution in [0.2, 0.25) is 0 Å². The number of β-amino-alcohol motifs (C(OH)–C–C–N with tert-alkyl or cyclic N) is 1. The van der Waals surface area contributed by atoms with Crippen LogP contribution in [-0.2, 0) is 26.8 Å². The minimum absolute atomic E-state index is 0.0214. The van der Waals surface area contributed by atoms with Crippen LogP contribution in [0.4, 0.5) is 0 Å². The fraction of sp³-hybridized carbons (Fsp3) is 0.458. The molecule has 0 aromatic heterocycles. The Kier molecular flexibility index (Phi) is 6.67. The number of hydrogen-bond acceptors (Lipinski definition) is 5. The van der Waals surface area contributed by atoms with Crippen molar-refractivity contribution >= 4 is 15.9 Å². The quantitative estimate of drug-likeness (QED) is 0.532.